The second-order valence-electron chi connectivity index (χ2n) is 7.22. The summed E-state index contributed by atoms with van der Waals surface area (Å²) in [5.41, 5.74) is 0.291. The fourth-order valence-electron chi connectivity index (χ4n) is 2.60. The number of carbonyl (C=O) groups is 2. The summed E-state index contributed by atoms with van der Waals surface area (Å²) in [6, 6.07) is 9.95. The maximum atomic E-state index is 13.4. The Bertz CT molecular complexity index is 1090. The first-order chi connectivity index (χ1) is 15.1. The minimum Gasteiger partial charge on any atom is -0.452 e. The first kappa shape index (κ1) is 25.7. The van der Waals surface area contributed by atoms with Gasteiger partial charge in [0, 0.05) is 11.6 Å². The van der Waals surface area contributed by atoms with Crippen LogP contribution in [0.25, 0.3) is 0 Å². The average molecular weight is 499 g/mol. The number of ether oxygens (including phenoxy) is 1. The lowest BCUT2D eigenvalue weighted by molar-refractivity contribution is -0.124. The highest BCUT2D eigenvalue weighted by Gasteiger charge is 2.28. The van der Waals surface area contributed by atoms with E-state index in [2.05, 4.69) is 11.9 Å². The van der Waals surface area contributed by atoms with Crippen LogP contribution in [0.2, 0.25) is 10.0 Å². The molecule has 0 heterocycles. The second kappa shape index (κ2) is 11.4. The zero-order valence-electron chi connectivity index (χ0n) is 17.7. The molecule has 0 aliphatic heterocycles. The Morgan fingerprint density at radius 3 is 2.41 bits per heavy atom. The molecule has 0 spiro atoms. The van der Waals surface area contributed by atoms with Gasteiger partial charge in [-0.2, -0.15) is 0 Å². The van der Waals surface area contributed by atoms with Crippen LogP contribution >= 0.6 is 23.2 Å². The predicted octanol–water partition coefficient (Wildman–Crippen LogP) is 4.30. The van der Waals surface area contributed by atoms with Gasteiger partial charge in [-0.1, -0.05) is 43.1 Å². The SMILES string of the molecule is C=CCN(c1ccc(Cl)cc1)S(=O)(=O)c1cc(C(=O)OCC(=O)NCC(C)C)ccc1Cl. The molecule has 2 rings (SSSR count). The highest BCUT2D eigenvalue weighted by Crippen LogP contribution is 2.30. The van der Waals surface area contributed by atoms with E-state index in [1.807, 2.05) is 13.8 Å². The zero-order chi connectivity index (χ0) is 23.9. The largest absolute Gasteiger partial charge is 0.452 e. The summed E-state index contributed by atoms with van der Waals surface area (Å²) in [4.78, 5) is 23.9. The number of nitrogens with one attached hydrogen (secondary N) is 1. The molecule has 0 aliphatic rings. The van der Waals surface area contributed by atoms with Crippen molar-refractivity contribution in [1.82, 2.24) is 5.32 Å². The summed E-state index contributed by atoms with van der Waals surface area (Å²) in [6.45, 7) is 7.40. The Balaban J connectivity index is 2.29. The molecule has 32 heavy (non-hydrogen) atoms. The topological polar surface area (TPSA) is 92.8 Å². The molecule has 2 aromatic rings. The van der Waals surface area contributed by atoms with Crippen LogP contribution in [0.15, 0.2) is 60.0 Å². The van der Waals surface area contributed by atoms with E-state index in [-0.39, 0.29) is 27.9 Å². The number of esters is 1. The van der Waals surface area contributed by atoms with Gasteiger partial charge in [0.05, 0.1) is 22.8 Å². The van der Waals surface area contributed by atoms with Crippen LogP contribution in [-0.2, 0) is 19.6 Å². The van der Waals surface area contributed by atoms with E-state index in [0.29, 0.717) is 17.3 Å². The summed E-state index contributed by atoms with van der Waals surface area (Å²) < 4.78 is 32.8. The summed E-state index contributed by atoms with van der Waals surface area (Å²) in [6.07, 6.45) is 1.42. The Kier molecular flexibility index (Phi) is 9.12. The third kappa shape index (κ3) is 6.72. The Morgan fingerprint density at radius 2 is 1.81 bits per heavy atom. The number of anilines is 1. The number of halogens is 2. The van der Waals surface area contributed by atoms with Crippen LogP contribution in [0.1, 0.15) is 24.2 Å². The van der Waals surface area contributed by atoms with Gasteiger partial charge in [0.15, 0.2) is 6.61 Å². The lowest BCUT2D eigenvalue weighted by atomic mass is 10.2. The van der Waals surface area contributed by atoms with E-state index in [9.17, 15) is 18.0 Å². The van der Waals surface area contributed by atoms with Crippen LogP contribution in [0.5, 0.6) is 0 Å². The third-order valence-corrected chi connectivity index (χ3v) is 6.71. The summed E-state index contributed by atoms with van der Waals surface area (Å²) in [5.74, 6) is -1.05. The molecule has 0 saturated heterocycles. The Hall–Kier alpha value is -2.55. The monoisotopic (exact) mass is 498 g/mol. The van der Waals surface area contributed by atoms with Crippen LogP contribution in [-0.4, -0.2) is 40.0 Å². The van der Waals surface area contributed by atoms with E-state index < -0.39 is 28.5 Å². The van der Waals surface area contributed by atoms with Gasteiger partial charge in [-0.25, -0.2) is 13.2 Å². The Labute approximate surface area is 198 Å². The smallest absolute Gasteiger partial charge is 0.338 e. The number of hydrogen-bond donors (Lipinski definition) is 1. The van der Waals surface area contributed by atoms with Gasteiger partial charge in [-0.15, -0.1) is 6.58 Å². The first-order valence-electron chi connectivity index (χ1n) is 9.68. The van der Waals surface area contributed by atoms with Gasteiger partial charge in [0.1, 0.15) is 4.90 Å². The van der Waals surface area contributed by atoms with Crippen LogP contribution in [0.4, 0.5) is 5.69 Å². The molecule has 1 N–H and O–H groups in total. The minimum atomic E-state index is -4.17. The quantitative estimate of drug-likeness (QED) is 0.389. The first-order valence-corrected chi connectivity index (χ1v) is 11.9. The molecule has 0 fully saturated rings. The van der Waals surface area contributed by atoms with Gasteiger partial charge in [0.2, 0.25) is 0 Å². The van der Waals surface area contributed by atoms with E-state index in [4.69, 9.17) is 27.9 Å². The third-order valence-electron chi connectivity index (χ3n) is 4.19. The van der Waals surface area contributed by atoms with Crippen LogP contribution < -0.4 is 9.62 Å². The van der Waals surface area contributed by atoms with Gasteiger partial charge < -0.3 is 10.1 Å². The molecule has 1 amide bonds. The van der Waals surface area contributed by atoms with Crippen molar-refractivity contribution in [1.29, 1.82) is 0 Å². The van der Waals surface area contributed by atoms with Gasteiger partial charge in [-0.05, 0) is 48.4 Å². The zero-order valence-corrected chi connectivity index (χ0v) is 20.0. The fraction of sp³-hybridized carbons (Fsp3) is 0.273. The van der Waals surface area contributed by atoms with Crippen molar-refractivity contribution in [3.63, 3.8) is 0 Å². The summed E-state index contributed by atoms with van der Waals surface area (Å²) in [7, 11) is -4.17. The Morgan fingerprint density at radius 1 is 1.16 bits per heavy atom. The predicted molar refractivity (Wildman–Crippen MR) is 126 cm³/mol. The number of nitrogens with zero attached hydrogens (tertiary/aromatic N) is 1. The normalized spacial score (nSPS) is 11.2. The highest BCUT2D eigenvalue weighted by molar-refractivity contribution is 7.93. The highest BCUT2D eigenvalue weighted by atomic mass is 35.5. The van der Waals surface area contributed by atoms with Crippen LogP contribution in [0, 0.1) is 5.92 Å². The molecule has 172 valence electrons. The van der Waals surface area contributed by atoms with Crippen molar-refractivity contribution in [3.8, 4) is 0 Å². The second-order valence-corrected chi connectivity index (χ2v) is 9.89. The number of rotatable bonds is 10. The van der Waals surface area contributed by atoms with Crippen molar-refractivity contribution in [2.24, 2.45) is 5.92 Å². The molecule has 0 bridgehead atoms. The summed E-state index contributed by atoms with van der Waals surface area (Å²) in [5, 5.41) is 3.00. The summed E-state index contributed by atoms with van der Waals surface area (Å²) >= 11 is 12.1. The lowest BCUT2D eigenvalue weighted by Gasteiger charge is -2.24. The van der Waals surface area contributed by atoms with Gasteiger partial charge >= 0.3 is 5.97 Å². The molecule has 2 aromatic carbocycles. The number of carbonyl (C=O) groups excluding carboxylic acids is 2. The molecule has 0 aromatic heterocycles. The van der Waals surface area contributed by atoms with Gasteiger partial charge in [0.25, 0.3) is 15.9 Å². The van der Waals surface area contributed by atoms with Crippen molar-refractivity contribution in [3.05, 3.63) is 70.7 Å². The molecule has 10 heteroatoms. The maximum absolute atomic E-state index is 13.4. The molecule has 0 unspecified atom stereocenters. The van der Waals surface area contributed by atoms with Crippen molar-refractivity contribution >= 4 is 50.8 Å². The lowest BCUT2D eigenvalue weighted by Crippen LogP contribution is -2.32. The molecule has 0 saturated carbocycles. The number of sulfonamides is 1. The molecular weight excluding hydrogens is 475 g/mol. The van der Waals surface area contributed by atoms with E-state index >= 15 is 0 Å². The molecule has 7 nitrogen and oxygen atoms in total. The fourth-order valence-corrected chi connectivity index (χ4v) is 4.66. The minimum absolute atomic E-state index is 0.0367. The molecule has 0 radical (unpaired) electrons. The average Bonchev–Trinajstić information content (AvgIpc) is 2.75. The number of hydrogen-bond acceptors (Lipinski definition) is 5. The van der Waals surface area contributed by atoms with Crippen molar-refractivity contribution in [2.75, 3.05) is 24.0 Å². The van der Waals surface area contributed by atoms with Gasteiger partial charge in [-0.3, -0.25) is 9.10 Å². The van der Waals surface area contributed by atoms with E-state index in [1.54, 1.807) is 24.3 Å². The van der Waals surface area contributed by atoms with E-state index in [1.165, 1.54) is 18.2 Å². The van der Waals surface area contributed by atoms with Crippen LogP contribution in [0.3, 0.4) is 0 Å². The number of amides is 1. The molecular formula is C22H24Cl2N2O5S. The standard InChI is InChI=1S/C22H24Cl2N2O5S/c1-4-11-26(18-8-6-17(23)7-9-18)32(29,30)20-12-16(5-10-19(20)24)22(28)31-14-21(27)25-13-15(2)3/h4-10,12,15H,1,11,13-14H2,2-3H3,(H,25,27). The number of benzene rings is 2. The van der Waals surface area contributed by atoms with Crippen molar-refractivity contribution in [2.45, 2.75) is 18.7 Å². The molecule has 0 atom stereocenters. The van der Waals surface area contributed by atoms with E-state index in [0.717, 1.165) is 10.4 Å². The van der Waals surface area contributed by atoms with Crippen molar-refractivity contribution < 1.29 is 22.7 Å². The maximum Gasteiger partial charge on any atom is 0.338 e. The molecule has 0 aliphatic carbocycles.